The Balaban J connectivity index is 1.43. The van der Waals surface area contributed by atoms with Gasteiger partial charge in [-0.1, -0.05) is 57.2 Å². The van der Waals surface area contributed by atoms with Gasteiger partial charge in [0.1, 0.15) is 6.04 Å². The van der Waals surface area contributed by atoms with Gasteiger partial charge in [-0.2, -0.15) is 0 Å². The number of anilines is 1. The number of hydrogen-bond acceptors (Lipinski definition) is 3. The summed E-state index contributed by atoms with van der Waals surface area (Å²) < 4.78 is 0. The van der Waals surface area contributed by atoms with E-state index in [1.54, 1.807) is 4.90 Å². The number of nitrogens with zero attached hydrogens (tertiary/aromatic N) is 2. The van der Waals surface area contributed by atoms with Crippen LogP contribution < -0.4 is 5.32 Å². The van der Waals surface area contributed by atoms with Crippen LogP contribution in [0.4, 0.5) is 5.69 Å². The molecule has 5 heteroatoms. The minimum absolute atomic E-state index is 0.0470. The van der Waals surface area contributed by atoms with Crippen molar-refractivity contribution < 1.29 is 9.59 Å². The van der Waals surface area contributed by atoms with Gasteiger partial charge in [0.2, 0.25) is 11.8 Å². The standard InChI is InChI=1S/C28H37N3O2/c1-20(2)15-27(32)31-19-24-9-5-4-8-23(24)16-26(31)28(33)29-25-12-10-22(11-13-25)18-30-14-6-7-21(3)17-30/h4-5,8-13,20-21,26H,6-7,14-19H2,1-3H3,(H,29,33). The van der Waals surface area contributed by atoms with Crippen LogP contribution in [0.3, 0.4) is 0 Å². The van der Waals surface area contributed by atoms with Crippen LogP contribution in [0.1, 0.15) is 56.7 Å². The molecule has 0 aliphatic carbocycles. The third-order valence-corrected chi connectivity index (χ3v) is 6.82. The van der Waals surface area contributed by atoms with Gasteiger partial charge >= 0.3 is 0 Å². The highest BCUT2D eigenvalue weighted by molar-refractivity contribution is 5.97. The topological polar surface area (TPSA) is 52.7 Å². The summed E-state index contributed by atoms with van der Waals surface area (Å²) in [5.74, 6) is 0.957. The minimum Gasteiger partial charge on any atom is -0.326 e. The van der Waals surface area contributed by atoms with Crippen molar-refractivity contribution in [1.82, 2.24) is 9.80 Å². The molecule has 2 heterocycles. The summed E-state index contributed by atoms with van der Waals surface area (Å²) in [4.78, 5) is 30.6. The molecule has 2 aromatic carbocycles. The highest BCUT2D eigenvalue weighted by atomic mass is 16.2. The van der Waals surface area contributed by atoms with E-state index in [1.807, 2.05) is 38.1 Å². The third-order valence-electron chi connectivity index (χ3n) is 6.82. The highest BCUT2D eigenvalue weighted by Crippen LogP contribution is 2.26. The van der Waals surface area contributed by atoms with Crippen molar-refractivity contribution in [2.75, 3.05) is 18.4 Å². The zero-order valence-corrected chi connectivity index (χ0v) is 20.2. The molecule has 2 amide bonds. The van der Waals surface area contributed by atoms with E-state index in [9.17, 15) is 9.59 Å². The second kappa shape index (κ2) is 10.5. The fourth-order valence-corrected chi connectivity index (χ4v) is 5.09. The maximum atomic E-state index is 13.3. The van der Waals surface area contributed by atoms with E-state index in [4.69, 9.17) is 0 Å². The molecule has 5 nitrogen and oxygen atoms in total. The van der Waals surface area contributed by atoms with E-state index in [2.05, 4.69) is 41.4 Å². The van der Waals surface area contributed by atoms with Gasteiger partial charge < -0.3 is 10.2 Å². The van der Waals surface area contributed by atoms with E-state index in [-0.39, 0.29) is 17.7 Å². The normalized spacial score (nSPS) is 21.0. The summed E-state index contributed by atoms with van der Waals surface area (Å²) in [5.41, 5.74) is 4.33. The van der Waals surface area contributed by atoms with Crippen molar-refractivity contribution in [2.45, 2.75) is 65.6 Å². The number of hydrogen-bond donors (Lipinski definition) is 1. The maximum absolute atomic E-state index is 13.3. The van der Waals surface area contributed by atoms with Crippen molar-refractivity contribution in [3.8, 4) is 0 Å². The van der Waals surface area contributed by atoms with E-state index in [0.717, 1.165) is 42.4 Å². The van der Waals surface area contributed by atoms with Crippen LogP contribution in [0.25, 0.3) is 0 Å². The predicted octanol–water partition coefficient (Wildman–Crippen LogP) is 4.86. The third kappa shape index (κ3) is 6.02. The summed E-state index contributed by atoms with van der Waals surface area (Å²) in [6.07, 6.45) is 3.60. The fraction of sp³-hybridized carbons (Fsp3) is 0.500. The number of nitrogens with one attached hydrogen (secondary N) is 1. The summed E-state index contributed by atoms with van der Waals surface area (Å²) >= 11 is 0. The van der Waals surface area contributed by atoms with Crippen molar-refractivity contribution in [3.63, 3.8) is 0 Å². The maximum Gasteiger partial charge on any atom is 0.247 e. The average Bonchev–Trinajstić information content (AvgIpc) is 2.79. The molecule has 1 fully saturated rings. The molecule has 0 aromatic heterocycles. The SMILES string of the molecule is CC(C)CC(=O)N1Cc2ccccc2CC1C(=O)Nc1ccc(CN2CCCC(C)C2)cc1. The zero-order chi connectivity index (χ0) is 23.4. The quantitative estimate of drug-likeness (QED) is 0.688. The number of benzene rings is 2. The van der Waals surface area contributed by atoms with Crippen LogP contribution in [0.5, 0.6) is 0 Å². The Labute approximate surface area is 198 Å². The minimum atomic E-state index is -0.485. The van der Waals surface area contributed by atoms with E-state index >= 15 is 0 Å². The Kier molecular flexibility index (Phi) is 7.49. The number of amides is 2. The van der Waals surface area contributed by atoms with Gasteiger partial charge in [0.15, 0.2) is 0 Å². The molecule has 2 aliphatic rings. The molecule has 1 N–H and O–H groups in total. The van der Waals surface area contributed by atoms with Crippen LogP contribution >= 0.6 is 0 Å². The lowest BCUT2D eigenvalue weighted by molar-refractivity contribution is -0.140. The van der Waals surface area contributed by atoms with Gasteiger partial charge in [0, 0.05) is 38.2 Å². The van der Waals surface area contributed by atoms with Gasteiger partial charge in [0.05, 0.1) is 0 Å². The Hall–Kier alpha value is -2.66. The zero-order valence-electron chi connectivity index (χ0n) is 20.2. The largest absolute Gasteiger partial charge is 0.326 e. The Bertz CT molecular complexity index is 969. The second-order valence-electron chi connectivity index (χ2n) is 10.3. The lowest BCUT2D eigenvalue weighted by atomic mass is 9.92. The molecule has 1 saturated heterocycles. The first-order valence-corrected chi connectivity index (χ1v) is 12.4. The molecule has 176 valence electrons. The number of fused-ring (bicyclic) bond motifs is 1. The molecule has 4 rings (SSSR count). The van der Waals surface area contributed by atoms with Crippen LogP contribution in [0.15, 0.2) is 48.5 Å². The van der Waals surface area contributed by atoms with Crippen molar-refractivity contribution in [1.29, 1.82) is 0 Å². The van der Waals surface area contributed by atoms with Crippen LogP contribution in [-0.4, -0.2) is 40.7 Å². The lowest BCUT2D eigenvalue weighted by Crippen LogP contribution is -2.50. The Morgan fingerprint density at radius 1 is 1.06 bits per heavy atom. The summed E-state index contributed by atoms with van der Waals surface area (Å²) in [6.45, 7) is 10.2. The van der Waals surface area contributed by atoms with Crippen molar-refractivity contribution >= 4 is 17.5 Å². The molecule has 0 radical (unpaired) electrons. The summed E-state index contributed by atoms with van der Waals surface area (Å²) in [6, 6.07) is 15.8. The smallest absolute Gasteiger partial charge is 0.247 e. The van der Waals surface area contributed by atoms with Gasteiger partial charge in [-0.25, -0.2) is 0 Å². The Morgan fingerprint density at radius 2 is 1.79 bits per heavy atom. The van der Waals surface area contributed by atoms with Gasteiger partial charge in [0.25, 0.3) is 0 Å². The van der Waals surface area contributed by atoms with E-state index in [0.29, 0.717) is 19.4 Å². The van der Waals surface area contributed by atoms with Gasteiger partial charge in [-0.3, -0.25) is 14.5 Å². The number of piperidine rings is 1. The number of likely N-dealkylation sites (tertiary alicyclic amines) is 1. The number of carbonyl (C=O) groups excluding carboxylic acids is 2. The molecule has 0 spiro atoms. The molecule has 0 saturated carbocycles. The highest BCUT2D eigenvalue weighted by Gasteiger charge is 2.34. The second-order valence-corrected chi connectivity index (χ2v) is 10.3. The molecule has 2 unspecified atom stereocenters. The lowest BCUT2D eigenvalue weighted by Gasteiger charge is -2.36. The van der Waals surface area contributed by atoms with Crippen molar-refractivity contribution in [2.24, 2.45) is 11.8 Å². The summed E-state index contributed by atoms with van der Waals surface area (Å²) in [7, 11) is 0. The first kappa shape index (κ1) is 23.5. The van der Waals surface area contributed by atoms with Crippen LogP contribution in [-0.2, 0) is 29.1 Å². The molecule has 2 atom stereocenters. The van der Waals surface area contributed by atoms with E-state index < -0.39 is 6.04 Å². The molecule has 2 aliphatic heterocycles. The fourth-order valence-electron chi connectivity index (χ4n) is 5.09. The average molecular weight is 448 g/mol. The first-order valence-electron chi connectivity index (χ1n) is 12.4. The Morgan fingerprint density at radius 3 is 2.48 bits per heavy atom. The predicted molar refractivity (Wildman–Crippen MR) is 133 cm³/mol. The van der Waals surface area contributed by atoms with Gasteiger partial charge in [-0.15, -0.1) is 0 Å². The summed E-state index contributed by atoms with van der Waals surface area (Å²) in [5, 5.41) is 3.07. The molecule has 2 aromatic rings. The number of carbonyl (C=O) groups is 2. The molecule has 0 bridgehead atoms. The first-order chi connectivity index (χ1) is 15.9. The number of rotatable bonds is 6. The molecular weight excluding hydrogens is 410 g/mol. The monoisotopic (exact) mass is 447 g/mol. The van der Waals surface area contributed by atoms with Crippen LogP contribution in [0.2, 0.25) is 0 Å². The van der Waals surface area contributed by atoms with Gasteiger partial charge in [-0.05, 0) is 60.0 Å². The van der Waals surface area contributed by atoms with Crippen molar-refractivity contribution in [3.05, 3.63) is 65.2 Å². The molecular formula is C28H37N3O2. The van der Waals surface area contributed by atoms with Crippen LogP contribution in [0, 0.1) is 11.8 Å². The molecule has 33 heavy (non-hydrogen) atoms. The van der Waals surface area contributed by atoms with E-state index in [1.165, 1.54) is 18.4 Å².